The predicted octanol–water partition coefficient (Wildman–Crippen LogP) is 6.44. The molecule has 1 aromatic rings. The predicted molar refractivity (Wildman–Crippen MR) is 95.2 cm³/mol. The Balaban J connectivity index is 2.52. The minimum atomic E-state index is 0.454. The lowest BCUT2D eigenvalue weighted by atomic mass is 9.96. The van der Waals surface area contributed by atoms with E-state index in [9.17, 15) is 0 Å². The highest BCUT2D eigenvalue weighted by Crippen LogP contribution is 2.26. The Morgan fingerprint density at radius 3 is 2.43 bits per heavy atom. The van der Waals surface area contributed by atoms with Crippen molar-refractivity contribution in [2.45, 2.75) is 78.2 Å². The lowest BCUT2D eigenvalue weighted by molar-refractivity contribution is 0.465. The summed E-state index contributed by atoms with van der Waals surface area (Å²) in [5.74, 6) is 0. The summed E-state index contributed by atoms with van der Waals surface area (Å²) in [5.41, 5.74) is 2.73. The molecule has 1 nitrogen and oxygen atoms in total. The molecule has 1 N–H and O–H groups in total. The third-order valence-electron chi connectivity index (χ3n) is 4.10. The van der Waals surface area contributed by atoms with E-state index >= 15 is 0 Å². The highest BCUT2D eigenvalue weighted by atomic mass is 35.5. The van der Waals surface area contributed by atoms with Gasteiger partial charge < -0.3 is 5.32 Å². The lowest BCUT2D eigenvalue weighted by Crippen LogP contribution is -2.23. The minimum absolute atomic E-state index is 0.454. The van der Waals surface area contributed by atoms with Crippen molar-refractivity contribution in [1.82, 2.24) is 5.32 Å². The van der Waals surface area contributed by atoms with E-state index in [1.54, 1.807) is 0 Å². The van der Waals surface area contributed by atoms with Crippen LogP contribution in [0.4, 0.5) is 0 Å². The molecule has 1 rings (SSSR count). The second kappa shape index (κ2) is 11.1. The topological polar surface area (TPSA) is 12.0 Å². The first-order chi connectivity index (χ1) is 10.2. The lowest BCUT2D eigenvalue weighted by Gasteiger charge is -2.21. The Morgan fingerprint density at radius 2 is 1.71 bits per heavy atom. The monoisotopic (exact) mass is 309 g/mol. The summed E-state index contributed by atoms with van der Waals surface area (Å²) < 4.78 is 0. The number of aryl methyl sites for hydroxylation is 1. The first kappa shape index (κ1) is 18.5. The zero-order valence-electron chi connectivity index (χ0n) is 14.1. The van der Waals surface area contributed by atoms with Crippen LogP contribution in [0.2, 0.25) is 5.02 Å². The molecule has 21 heavy (non-hydrogen) atoms. The molecule has 0 aliphatic rings. The van der Waals surface area contributed by atoms with Crippen molar-refractivity contribution in [3.8, 4) is 0 Å². The van der Waals surface area contributed by atoms with Crippen LogP contribution in [0.5, 0.6) is 0 Å². The van der Waals surface area contributed by atoms with Crippen LogP contribution < -0.4 is 5.32 Å². The van der Waals surface area contributed by atoms with E-state index in [2.05, 4.69) is 38.2 Å². The van der Waals surface area contributed by atoms with E-state index in [1.807, 2.05) is 6.07 Å². The van der Waals surface area contributed by atoms with Crippen LogP contribution in [-0.4, -0.2) is 6.54 Å². The molecule has 0 amide bonds. The number of rotatable bonds is 11. The van der Waals surface area contributed by atoms with Gasteiger partial charge in [0, 0.05) is 11.1 Å². The van der Waals surface area contributed by atoms with Crippen molar-refractivity contribution in [3.63, 3.8) is 0 Å². The van der Waals surface area contributed by atoms with Crippen LogP contribution in [0.15, 0.2) is 18.2 Å². The van der Waals surface area contributed by atoms with Crippen molar-refractivity contribution in [2.24, 2.45) is 0 Å². The molecule has 1 unspecified atom stereocenters. The van der Waals surface area contributed by atoms with Gasteiger partial charge in [-0.05, 0) is 49.6 Å². The average molecular weight is 310 g/mol. The molecule has 0 fully saturated rings. The Labute approximate surface area is 136 Å². The van der Waals surface area contributed by atoms with Crippen molar-refractivity contribution < 1.29 is 0 Å². The van der Waals surface area contributed by atoms with E-state index in [4.69, 9.17) is 11.6 Å². The van der Waals surface area contributed by atoms with E-state index in [-0.39, 0.29) is 0 Å². The summed E-state index contributed by atoms with van der Waals surface area (Å²) >= 11 is 6.19. The summed E-state index contributed by atoms with van der Waals surface area (Å²) in [6.45, 7) is 7.76. The van der Waals surface area contributed by atoms with Crippen LogP contribution in [-0.2, 0) is 0 Å². The number of nitrogens with one attached hydrogen (secondary N) is 1. The number of unbranched alkanes of at least 4 members (excludes halogenated alkanes) is 5. The van der Waals surface area contributed by atoms with Gasteiger partial charge in [-0.1, -0.05) is 70.0 Å². The van der Waals surface area contributed by atoms with Crippen molar-refractivity contribution in [2.75, 3.05) is 6.54 Å². The number of hydrogen-bond donors (Lipinski definition) is 1. The van der Waals surface area contributed by atoms with E-state index in [0.29, 0.717) is 6.04 Å². The van der Waals surface area contributed by atoms with Gasteiger partial charge >= 0.3 is 0 Å². The van der Waals surface area contributed by atoms with Gasteiger partial charge in [0.1, 0.15) is 0 Å². The quantitative estimate of drug-likeness (QED) is 0.464. The molecule has 0 heterocycles. The van der Waals surface area contributed by atoms with Gasteiger partial charge in [-0.2, -0.15) is 0 Å². The second-order valence-corrected chi connectivity index (χ2v) is 6.50. The Bertz CT molecular complexity index is 389. The SMILES string of the molecule is CCCCCCCCC(NCCC)c1cc(Cl)ccc1C. The molecule has 0 spiro atoms. The van der Waals surface area contributed by atoms with Crippen molar-refractivity contribution >= 4 is 11.6 Å². The normalized spacial score (nSPS) is 12.6. The smallest absolute Gasteiger partial charge is 0.0409 e. The van der Waals surface area contributed by atoms with Gasteiger partial charge in [-0.3, -0.25) is 0 Å². The third kappa shape index (κ3) is 7.33. The molecule has 0 saturated heterocycles. The van der Waals surface area contributed by atoms with E-state index in [0.717, 1.165) is 11.6 Å². The van der Waals surface area contributed by atoms with E-state index in [1.165, 1.54) is 62.5 Å². The molecule has 0 aliphatic carbocycles. The zero-order chi connectivity index (χ0) is 15.5. The standard InChI is InChI=1S/C19H32ClN/c1-4-6-7-8-9-10-11-19(21-14-5-2)18-15-17(20)13-12-16(18)3/h12-13,15,19,21H,4-11,14H2,1-3H3. The number of hydrogen-bond acceptors (Lipinski definition) is 1. The maximum atomic E-state index is 6.19. The molecular formula is C19H32ClN. The first-order valence-electron chi connectivity index (χ1n) is 8.68. The maximum Gasteiger partial charge on any atom is 0.0409 e. The molecule has 1 aromatic carbocycles. The third-order valence-corrected chi connectivity index (χ3v) is 4.34. The van der Waals surface area contributed by atoms with Gasteiger partial charge in [0.05, 0.1) is 0 Å². The van der Waals surface area contributed by atoms with Crippen LogP contribution in [0.25, 0.3) is 0 Å². The van der Waals surface area contributed by atoms with Crippen molar-refractivity contribution in [1.29, 1.82) is 0 Å². The molecule has 0 aliphatic heterocycles. The fourth-order valence-corrected chi connectivity index (χ4v) is 2.98. The molecule has 120 valence electrons. The Kier molecular flexibility index (Phi) is 9.78. The highest BCUT2D eigenvalue weighted by Gasteiger charge is 2.13. The number of halogens is 1. The summed E-state index contributed by atoms with van der Waals surface area (Å²) in [5, 5.41) is 4.55. The number of benzene rings is 1. The van der Waals surface area contributed by atoms with Crippen molar-refractivity contribution in [3.05, 3.63) is 34.3 Å². The molecule has 0 aromatic heterocycles. The summed E-state index contributed by atoms with van der Waals surface area (Å²) in [6.07, 6.45) is 10.5. The molecule has 0 bridgehead atoms. The molecule has 1 atom stereocenters. The summed E-state index contributed by atoms with van der Waals surface area (Å²) in [7, 11) is 0. The molecular weight excluding hydrogens is 278 g/mol. The second-order valence-electron chi connectivity index (χ2n) is 6.06. The fourth-order valence-electron chi connectivity index (χ4n) is 2.80. The van der Waals surface area contributed by atoms with Gasteiger partial charge in [0.15, 0.2) is 0 Å². The molecule has 0 radical (unpaired) electrons. The average Bonchev–Trinajstić information content (AvgIpc) is 2.48. The Morgan fingerprint density at radius 1 is 1.00 bits per heavy atom. The van der Waals surface area contributed by atoms with E-state index < -0.39 is 0 Å². The van der Waals surface area contributed by atoms with Gasteiger partial charge in [-0.25, -0.2) is 0 Å². The summed E-state index contributed by atoms with van der Waals surface area (Å²) in [4.78, 5) is 0. The summed E-state index contributed by atoms with van der Waals surface area (Å²) in [6, 6.07) is 6.72. The largest absolute Gasteiger partial charge is 0.310 e. The van der Waals surface area contributed by atoms with Crippen LogP contribution in [0.3, 0.4) is 0 Å². The first-order valence-corrected chi connectivity index (χ1v) is 9.06. The maximum absolute atomic E-state index is 6.19. The van der Waals surface area contributed by atoms with Crippen LogP contribution >= 0.6 is 11.6 Å². The van der Waals surface area contributed by atoms with Crippen LogP contribution in [0, 0.1) is 6.92 Å². The highest BCUT2D eigenvalue weighted by molar-refractivity contribution is 6.30. The molecule has 2 heteroatoms. The zero-order valence-corrected chi connectivity index (χ0v) is 14.8. The van der Waals surface area contributed by atoms with Gasteiger partial charge in [0.25, 0.3) is 0 Å². The van der Waals surface area contributed by atoms with Crippen LogP contribution in [0.1, 0.15) is 82.4 Å². The van der Waals surface area contributed by atoms with Gasteiger partial charge in [0.2, 0.25) is 0 Å². The molecule has 0 saturated carbocycles. The fraction of sp³-hybridized carbons (Fsp3) is 0.684. The Hall–Kier alpha value is -0.530. The van der Waals surface area contributed by atoms with Gasteiger partial charge in [-0.15, -0.1) is 0 Å². The minimum Gasteiger partial charge on any atom is -0.310 e.